The van der Waals surface area contributed by atoms with Crippen molar-refractivity contribution in [3.8, 4) is 17.3 Å². The Labute approximate surface area is 132 Å². The molecule has 3 aromatic rings. The molecular formula is C16H16N4O3. The van der Waals surface area contributed by atoms with Crippen LogP contribution in [0, 0.1) is 0 Å². The molecule has 0 spiro atoms. The summed E-state index contributed by atoms with van der Waals surface area (Å²) < 4.78 is 10.6. The van der Waals surface area contributed by atoms with Gasteiger partial charge >= 0.3 is 0 Å². The van der Waals surface area contributed by atoms with E-state index in [4.69, 9.17) is 9.26 Å². The van der Waals surface area contributed by atoms with Crippen LogP contribution in [0.2, 0.25) is 0 Å². The van der Waals surface area contributed by atoms with E-state index in [9.17, 15) is 4.79 Å². The quantitative estimate of drug-likeness (QED) is 0.748. The minimum absolute atomic E-state index is 0.270. The zero-order valence-electron chi connectivity index (χ0n) is 12.7. The molecule has 0 radical (unpaired) electrons. The first-order chi connectivity index (χ1) is 11.2. The Morgan fingerprint density at radius 2 is 2.04 bits per heavy atom. The molecule has 2 aromatic heterocycles. The number of ether oxygens (including phenoxy) is 1. The molecule has 7 nitrogen and oxygen atoms in total. The van der Waals surface area contributed by atoms with Crippen LogP contribution < -0.4 is 10.3 Å². The summed E-state index contributed by atoms with van der Waals surface area (Å²) in [6.07, 6.45) is 4.06. The highest BCUT2D eigenvalue weighted by Crippen LogP contribution is 2.15. The number of rotatable bonds is 6. The molecule has 0 bridgehead atoms. The molecule has 0 aliphatic heterocycles. The summed E-state index contributed by atoms with van der Waals surface area (Å²) in [7, 11) is 0. The van der Waals surface area contributed by atoms with E-state index in [-0.39, 0.29) is 5.56 Å². The number of benzene rings is 1. The fraction of sp³-hybridized carbons (Fsp3) is 0.250. The van der Waals surface area contributed by atoms with Crippen molar-refractivity contribution in [2.75, 3.05) is 6.61 Å². The predicted octanol–water partition coefficient (Wildman–Crippen LogP) is 2.00. The number of H-pyrrole nitrogens is 1. The second kappa shape index (κ2) is 6.87. The molecule has 23 heavy (non-hydrogen) atoms. The first-order valence-electron chi connectivity index (χ1n) is 7.34. The van der Waals surface area contributed by atoms with Crippen molar-refractivity contribution in [1.29, 1.82) is 0 Å². The molecule has 0 fully saturated rings. The van der Waals surface area contributed by atoms with Crippen LogP contribution in [0.4, 0.5) is 0 Å². The third-order valence-electron chi connectivity index (χ3n) is 3.23. The van der Waals surface area contributed by atoms with Gasteiger partial charge in [-0.2, -0.15) is 4.98 Å². The summed E-state index contributed by atoms with van der Waals surface area (Å²) in [6, 6.07) is 7.93. The fourth-order valence-electron chi connectivity index (χ4n) is 2.10. The lowest BCUT2D eigenvalue weighted by Crippen LogP contribution is -2.04. The van der Waals surface area contributed by atoms with Crippen LogP contribution in [0.5, 0.6) is 5.75 Å². The molecule has 3 rings (SSSR count). The summed E-state index contributed by atoms with van der Waals surface area (Å²) in [5.74, 6) is 1.75. The number of aryl methyl sites for hydroxylation is 2. The average Bonchev–Trinajstić information content (AvgIpc) is 3.04. The minimum atomic E-state index is -0.270. The van der Waals surface area contributed by atoms with Crippen molar-refractivity contribution in [3.63, 3.8) is 0 Å². The van der Waals surface area contributed by atoms with Crippen molar-refractivity contribution in [1.82, 2.24) is 20.1 Å². The highest BCUT2D eigenvalue weighted by atomic mass is 16.5. The zero-order valence-corrected chi connectivity index (χ0v) is 12.7. The van der Waals surface area contributed by atoms with Crippen LogP contribution in [0.3, 0.4) is 0 Å². The number of hydrogen-bond donors (Lipinski definition) is 1. The minimum Gasteiger partial charge on any atom is -0.494 e. The van der Waals surface area contributed by atoms with Gasteiger partial charge in [0.05, 0.1) is 12.8 Å². The van der Waals surface area contributed by atoms with Gasteiger partial charge in [0.1, 0.15) is 11.4 Å². The summed E-state index contributed by atoms with van der Waals surface area (Å²) in [5, 5.41) is 3.88. The molecule has 0 aliphatic rings. The SMILES string of the molecule is CCOc1ccc(CCc2nc(-c3c[nH]c(=O)cn3)no2)cc1. The topological polar surface area (TPSA) is 93.9 Å². The first kappa shape index (κ1) is 15.0. The van der Waals surface area contributed by atoms with Crippen molar-refractivity contribution in [3.05, 3.63) is 58.5 Å². The van der Waals surface area contributed by atoms with Crippen LogP contribution in [0.1, 0.15) is 18.4 Å². The highest BCUT2D eigenvalue weighted by Gasteiger charge is 2.10. The maximum absolute atomic E-state index is 11.0. The van der Waals surface area contributed by atoms with E-state index in [0.717, 1.165) is 17.7 Å². The summed E-state index contributed by atoms with van der Waals surface area (Å²) in [4.78, 5) is 21.8. The largest absolute Gasteiger partial charge is 0.494 e. The van der Waals surface area contributed by atoms with Gasteiger partial charge < -0.3 is 14.2 Å². The van der Waals surface area contributed by atoms with Crippen LogP contribution in [-0.4, -0.2) is 26.7 Å². The standard InChI is InChI=1S/C16H16N4O3/c1-2-22-12-6-3-11(4-7-12)5-8-15-19-16(20-23-15)13-9-18-14(21)10-17-13/h3-4,6-7,9-10H,2,5,8H2,1H3,(H,18,21). The summed E-state index contributed by atoms with van der Waals surface area (Å²) in [6.45, 7) is 2.61. The lowest BCUT2D eigenvalue weighted by Gasteiger charge is -2.03. The highest BCUT2D eigenvalue weighted by molar-refractivity contribution is 5.45. The normalized spacial score (nSPS) is 10.7. The monoisotopic (exact) mass is 312 g/mol. The van der Waals surface area contributed by atoms with Crippen molar-refractivity contribution < 1.29 is 9.26 Å². The van der Waals surface area contributed by atoms with Gasteiger partial charge in [0.15, 0.2) is 0 Å². The Bertz CT molecular complexity index is 803. The van der Waals surface area contributed by atoms with Crippen molar-refractivity contribution in [2.24, 2.45) is 0 Å². The third-order valence-corrected chi connectivity index (χ3v) is 3.23. The van der Waals surface area contributed by atoms with E-state index < -0.39 is 0 Å². The summed E-state index contributed by atoms with van der Waals surface area (Å²) in [5.41, 5.74) is 1.36. The van der Waals surface area contributed by atoms with Crippen LogP contribution in [-0.2, 0) is 12.8 Å². The van der Waals surface area contributed by atoms with E-state index in [2.05, 4.69) is 20.1 Å². The lowest BCUT2D eigenvalue weighted by atomic mass is 10.1. The molecule has 7 heteroatoms. The van der Waals surface area contributed by atoms with Gasteiger partial charge in [-0.1, -0.05) is 17.3 Å². The fourth-order valence-corrected chi connectivity index (χ4v) is 2.10. The van der Waals surface area contributed by atoms with Crippen molar-refractivity contribution >= 4 is 0 Å². The second-order valence-corrected chi connectivity index (χ2v) is 4.89. The van der Waals surface area contributed by atoms with E-state index >= 15 is 0 Å². The first-order valence-corrected chi connectivity index (χ1v) is 7.34. The van der Waals surface area contributed by atoms with Gasteiger partial charge in [0, 0.05) is 12.6 Å². The van der Waals surface area contributed by atoms with Crippen LogP contribution >= 0.6 is 0 Å². The molecule has 0 saturated heterocycles. The van der Waals surface area contributed by atoms with Gasteiger partial charge in [0.25, 0.3) is 5.56 Å². The molecule has 118 valence electrons. The Balaban J connectivity index is 1.62. The molecule has 0 aliphatic carbocycles. The van der Waals surface area contributed by atoms with E-state index in [1.807, 2.05) is 31.2 Å². The van der Waals surface area contributed by atoms with Crippen LogP contribution in [0.25, 0.3) is 11.5 Å². The van der Waals surface area contributed by atoms with Gasteiger partial charge in [0.2, 0.25) is 11.7 Å². The molecule has 1 N–H and O–H groups in total. The van der Waals surface area contributed by atoms with Gasteiger partial charge in [-0.15, -0.1) is 0 Å². The Kier molecular flexibility index (Phi) is 4.46. The number of hydrogen-bond acceptors (Lipinski definition) is 6. The molecule has 2 heterocycles. The van der Waals surface area contributed by atoms with Gasteiger partial charge in [-0.05, 0) is 31.0 Å². The zero-order chi connectivity index (χ0) is 16.1. The number of aromatic amines is 1. The second-order valence-electron chi connectivity index (χ2n) is 4.89. The molecule has 0 unspecified atom stereocenters. The maximum atomic E-state index is 11.0. The maximum Gasteiger partial charge on any atom is 0.266 e. The van der Waals surface area contributed by atoms with E-state index in [1.165, 1.54) is 12.4 Å². The lowest BCUT2D eigenvalue weighted by molar-refractivity contribution is 0.340. The molecular weight excluding hydrogens is 296 g/mol. The number of nitrogens with one attached hydrogen (secondary N) is 1. The Morgan fingerprint density at radius 1 is 1.22 bits per heavy atom. The molecule has 0 saturated carbocycles. The molecule has 0 atom stereocenters. The molecule has 0 amide bonds. The number of aromatic nitrogens is 4. The van der Waals surface area contributed by atoms with Gasteiger partial charge in [-0.25, -0.2) is 4.98 Å². The Morgan fingerprint density at radius 3 is 2.74 bits per heavy atom. The smallest absolute Gasteiger partial charge is 0.266 e. The van der Waals surface area contributed by atoms with E-state index in [1.54, 1.807) is 0 Å². The van der Waals surface area contributed by atoms with E-state index in [0.29, 0.717) is 30.4 Å². The predicted molar refractivity (Wildman–Crippen MR) is 83.2 cm³/mol. The third kappa shape index (κ3) is 3.82. The summed E-state index contributed by atoms with van der Waals surface area (Å²) >= 11 is 0. The van der Waals surface area contributed by atoms with Crippen molar-refractivity contribution in [2.45, 2.75) is 19.8 Å². The Hall–Kier alpha value is -2.96. The average molecular weight is 312 g/mol. The van der Waals surface area contributed by atoms with Crippen LogP contribution in [0.15, 0.2) is 46.0 Å². The van der Waals surface area contributed by atoms with Gasteiger partial charge in [-0.3, -0.25) is 4.79 Å². The molecule has 1 aromatic carbocycles. The number of nitrogens with zero attached hydrogens (tertiary/aromatic N) is 3.